The van der Waals surface area contributed by atoms with E-state index in [2.05, 4.69) is 10.1 Å². The summed E-state index contributed by atoms with van der Waals surface area (Å²) in [7, 11) is 5.00. The van der Waals surface area contributed by atoms with Crippen molar-refractivity contribution in [1.29, 1.82) is 0 Å². The van der Waals surface area contributed by atoms with E-state index in [0.29, 0.717) is 10.8 Å². The van der Waals surface area contributed by atoms with Crippen LogP contribution in [-0.4, -0.2) is 42.0 Å². The van der Waals surface area contributed by atoms with E-state index in [1.807, 2.05) is 0 Å². The number of nitro groups is 1. The Kier molecular flexibility index (Phi) is 4.22. The summed E-state index contributed by atoms with van der Waals surface area (Å²) in [6.07, 6.45) is 1.52. The molecule has 1 rings (SSSR count). The minimum Gasteiger partial charge on any atom is -0.343 e. The highest BCUT2D eigenvalue weighted by Gasteiger charge is 2.15. The van der Waals surface area contributed by atoms with Crippen LogP contribution in [0.4, 0.5) is 5.69 Å². The summed E-state index contributed by atoms with van der Waals surface area (Å²) in [4.78, 5) is 17.4. The summed E-state index contributed by atoms with van der Waals surface area (Å²) >= 11 is 5.66. The maximum absolute atomic E-state index is 10.4. The number of hydrogen-bond acceptors (Lipinski definition) is 3. The van der Waals surface area contributed by atoms with Gasteiger partial charge in [-0.2, -0.15) is 0 Å². The van der Waals surface area contributed by atoms with Gasteiger partial charge in [0.25, 0.3) is 5.96 Å². The summed E-state index contributed by atoms with van der Waals surface area (Å²) in [6, 6.07) is 3.31. The third-order valence-corrected chi connectivity index (χ3v) is 2.19. The lowest BCUT2D eigenvalue weighted by Gasteiger charge is -2.23. The van der Waals surface area contributed by atoms with E-state index in [4.69, 9.17) is 11.6 Å². The Morgan fingerprint density at radius 1 is 1.47 bits per heavy atom. The lowest BCUT2D eigenvalue weighted by molar-refractivity contribution is -0.485. The van der Waals surface area contributed by atoms with Gasteiger partial charge in [0.2, 0.25) is 0 Å². The van der Waals surface area contributed by atoms with Crippen LogP contribution in [0.3, 0.4) is 0 Å². The SMILES string of the molecule is CN(C)C(=N[N+](=O)[O-])N(C)c1ccc(Cl)nc1. The monoisotopic (exact) mass is 257 g/mol. The Labute approximate surface area is 103 Å². The minimum atomic E-state index is -0.741. The molecule has 0 amide bonds. The van der Waals surface area contributed by atoms with Crippen LogP contribution < -0.4 is 4.90 Å². The van der Waals surface area contributed by atoms with E-state index in [9.17, 15) is 10.1 Å². The van der Waals surface area contributed by atoms with Crippen molar-refractivity contribution < 1.29 is 5.03 Å². The average Bonchev–Trinajstić information content (AvgIpc) is 2.25. The van der Waals surface area contributed by atoms with Crippen molar-refractivity contribution in [3.63, 3.8) is 0 Å². The first-order valence-electron chi connectivity index (χ1n) is 4.67. The average molecular weight is 258 g/mol. The third-order valence-electron chi connectivity index (χ3n) is 1.97. The van der Waals surface area contributed by atoms with Gasteiger partial charge in [0.15, 0.2) is 5.03 Å². The van der Waals surface area contributed by atoms with Crippen LogP contribution in [-0.2, 0) is 0 Å². The van der Waals surface area contributed by atoms with Crippen LogP contribution >= 0.6 is 11.6 Å². The molecule has 0 bridgehead atoms. The number of nitrogens with zero attached hydrogens (tertiary/aromatic N) is 5. The predicted octanol–water partition coefficient (Wildman–Crippen LogP) is 1.28. The van der Waals surface area contributed by atoms with E-state index in [1.54, 1.807) is 38.2 Å². The first-order valence-corrected chi connectivity index (χ1v) is 5.05. The Morgan fingerprint density at radius 3 is 2.53 bits per heavy atom. The fourth-order valence-electron chi connectivity index (χ4n) is 1.21. The zero-order valence-electron chi connectivity index (χ0n) is 9.66. The summed E-state index contributed by atoms with van der Waals surface area (Å²) in [5, 5.41) is 13.4. The molecule has 0 N–H and O–H groups in total. The maximum Gasteiger partial charge on any atom is 0.277 e. The molecular weight excluding hydrogens is 246 g/mol. The summed E-state index contributed by atoms with van der Waals surface area (Å²) in [5.74, 6) is 0.194. The van der Waals surface area contributed by atoms with Crippen molar-refractivity contribution in [2.45, 2.75) is 0 Å². The summed E-state index contributed by atoms with van der Waals surface area (Å²) in [5.41, 5.74) is 0.656. The molecular formula is C9H12ClN5O2. The van der Waals surface area contributed by atoms with Crippen LogP contribution in [0.5, 0.6) is 0 Å². The highest BCUT2D eigenvalue weighted by Crippen LogP contribution is 2.14. The molecule has 0 fully saturated rings. The summed E-state index contributed by atoms with van der Waals surface area (Å²) < 4.78 is 0. The topological polar surface area (TPSA) is 74.9 Å². The van der Waals surface area contributed by atoms with Crippen LogP contribution in [0.15, 0.2) is 23.4 Å². The number of rotatable bonds is 2. The highest BCUT2D eigenvalue weighted by molar-refractivity contribution is 6.29. The lowest BCUT2D eigenvalue weighted by atomic mass is 10.4. The molecule has 0 aliphatic heterocycles. The second kappa shape index (κ2) is 5.44. The molecule has 0 aliphatic rings. The predicted molar refractivity (Wildman–Crippen MR) is 65.8 cm³/mol. The van der Waals surface area contributed by atoms with Gasteiger partial charge in [-0.15, -0.1) is 0 Å². The van der Waals surface area contributed by atoms with Crippen LogP contribution in [0.25, 0.3) is 0 Å². The van der Waals surface area contributed by atoms with Crippen molar-refractivity contribution in [1.82, 2.24) is 9.88 Å². The van der Waals surface area contributed by atoms with E-state index in [0.717, 1.165) is 0 Å². The van der Waals surface area contributed by atoms with Gasteiger partial charge in [-0.3, -0.25) is 0 Å². The Balaban J connectivity index is 3.04. The molecule has 17 heavy (non-hydrogen) atoms. The van der Waals surface area contributed by atoms with E-state index < -0.39 is 5.03 Å². The van der Waals surface area contributed by atoms with Gasteiger partial charge in [0.05, 0.1) is 11.9 Å². The molecule has 0 saturated carbocycles. The number of hydrazone groups is 1. The largest absolute Gasteiger partial charge is 0.343 e. The number of guanidine groups is 1. The Bertz CT molecular complexity index is 432. The molecule has 1 aromatic rings. The van der Waals surface area contributed by atoms with Gasteiger partial charge in [-0.25, -0.2) is 15.1 Å². The first kappa shape index (κ1) is 13.2. The molecule has 7 nitrogen and oxygen atoms in total. The van der Waals surface area contributed by atoms with Crippen LogP contribution in [0, 0.1) is 10.1 Å². The van der Waals surface area contributed by atoms with Gasteiger partial charge >= 0.3 is 0 Å². The second-order valence-electron chi connectivity index (χ2n) is 3.43. The zero-order valence-corrected chi connectivity index (χ0v) is 10.4. The lowest BCUT2D eigenvalue weighted by Crippen LogP contribution is -2.38. The normalized spacial score (nSPS) is 11.2. The fourth-order valence-corrected chi connectivity index (χ4v) is 1.32. The van der Waals surface area contributed by atoms with Gasteiger partial charge in [0.1, 0.15) is 10.3 Å². The van der Waals surface area contributed by atoms with Gasteiger partial charge < -0.3 is 9.80 Å². The molecule has 8 heteroatoms. The fraction of sp³-hybridized carbons (Fsp3) is 0.333. The third kappa shape index (κ3) is 3.56. The van der Waals surface area contributed by atoms with Crippen molar-refractivity contribution >= 4 is 23.2 Å². The number of aromatic nitrogens is 1. The van der Waals surface area contributed by atoms with Crippen molar-refractivity contribution in [2.24, 2.45) is 5.10 Å². The smallest absolute Gasteiger partial charge is 0.277 e. The highest BCUT2D eigenvalue weighted by atomic mass is 35.5. The van der Waals surface area contributed by atoms with Crippen LogP contribution in [0.1, 0.15) is 0 Å². The number of halogens is 1. The molecule has 0 unspecified atom stereocenters. The van der Waals surface area contributed by atoms with E-state index >= 15 is 0 Å². The first-order chi connectivity index (χ1) is 7.91. The molecule has 1 heterocycles. The van der Waals surface area contributed by atoms with Gasteiger partial charge in [-0.05, 0) is 12.1 Å². The Hall–Kier alpha value is -1.89. The molecule has 0 radical (unpaired) electrons. The molecule has 0 aromatic carbocycles. The van der Waals surface area contributed by atoms with Gasteiger partial charge in [0, 0.05) is 21.1 Å². The number of anilines is 1. The van der Waals surface area contributed by atoms with E-state index in [-0.39, 0.29) is 5.96 Å². The quantitative estimate of drug-likeness (QED) is 0.262. The van der Waals surface area contributed by atoms with E-state index in [1.165, 1.54) is 11.1 Å². The molecule has 0 atom stereocenters. The molecule has 0 saturated heterocycles. The van der Waals surface area contributed by atoms with Crippen LogP contribution in [0.2, 0.25) is 5.15 Å². The van der Waals surface area contributed by atoms with Gasteiger partial charge in [-0.1, -0.05) is 11.6 Å². The molecule has 1 aromatic heterocycles. The summed E-state index contributed by atoms with van der Waals surface area (Å²) in [6.45, 7) is 0. The van der Waals surface area contributed by atoms with Crippen molar-refractivity contribution in [3.8, 4) is 0 Å². The minimum absolute atomic E-state index is 0.194. The number of hydrogen-bond donors (Lipinski definition) is 0. The zero-order chi connectivity index (χ0) is 13.0. The maximum atomic E-state index is 10.4. The van der Waals surface area contributed by atoms with Crippen molar-refractivity contribution in [2.75, 3.05) is 26.0 Å². The molecule has 92 valence electrons. The Morgan fingerprint density at radius 2 is 2.12 bits per heavy atom. The number of pyridine rings is 1. The molecule has 0 aliphatic carbocycles. The standard InChI is InChI=1S/C9H12ClN5O2/c1-13(2)9(12-15(16)17)14(3)7-4-5-8(10)11-6-7/h4-6H,1-3H3. The molecule has 0 spiro atoms. The van der Waals surface area contributed by atoms with Crippen molar-refractivity contribution in [3.05, 3.63) is 33.6 Å². The second-order valence-corrected chi connectivity index (χ2v) is 3.82.